The van der Waals surface area contributed by atoms with Crippen molar-refractivity contribution in [3.63, 3.8) is 0 Å². The molecule has 30 heavy (non-hydrogen) atoms. The lowest BCUT2D eigenvalue weighted by atomic mass is 9.86. The highest BCUT2D eigenvalue weighted by molar-refractivity contribution is 9.10. The van der Waals surface area contributed by atoms with Crippen molar-refractivity contribution in [2.45, 2.75) is 38.5 Å². The van der Waals surface area contributed by atoms with Gasteiger partial charge < -0.3 is 4.42 Å². The van der Waals surface area contributed by atoms with E-state index in [1.165, 1.54) is 17.3 Å². The number of hydrogen-bond donors (Lipinski definition) is 1. The van der Waals surface area contributed by atoms with Gasteiger partial charge in [0.05, 0.1) is 6.21 Å². The molecule has 1 saturated carbocycles. The van der Waals surface area contributed by atoms with Gasteiger partial charge in [0.1, 0.15) is 11.5 Å². The highest BCUT2D eigenvalue weighted by atomic mass is 79.9. The van der Waals surface area contributed by atoms with E-state index in [1.807, 2.05) is 36.4 Å². The third-order valence-corrected chi connectivity index (χ3v) is 5.93. The van der Waals surface area contributed by atoms with E-state index < -0.39 is 0 Å². The summed E-state index contributed by atoms with van der Waals surface area (Å²) >= 11 is 3.46. The molecule has 4 nitrogen and oxygen atoms in total. The molecule has 1 heterocycles. The lowest BCUT2D eigenvalue weighted by Crippen LogP contribution is -2.20. The van der Waals surface area contributed by atoms with Crippen molar-refractivity contribution in [2.75, 3.05) is 0 Å². The minimum atomic E-state index is -0.0464. The topological polar surface area (TPSA) is 54.6 Å². The van der Waals surface area contributed by atoms with Crippen LogP contribution in [0.25, 0.3) is 11.3 Å². The van der Waals surface area contributed by atoms with Crippen molar-refractivity contribution in [2.24, 2.45) is 11.0 Å². The van der Waals surface area contributed by atoms with Crippen molar-refractivity contribution < 1.29 is 9.21 Å². The molecule has 1 fully saturated rings. The van der Waals surface area contributed by atoms with Crippen molar-refractivity contribution in [1.82, 2.24) is 5.43 Å². The van der Waals surface area contributed by atoms with E-state index in [2.05, 4.69) is 71.5 Å². The molecule has 4 rings (SSSR count). The van der Waals surface area contributed by atoms with Crippen LogP contribution >= 0.6 is 15.9 Å². The Kier molecular flexibility index (Phi) is 5.65. The SMILES string of the molecule is CC(C)(C)c1ccc([C@@H]2C[C@@H]2C(=O)N/N=C/c2ccc(-c3cccc(Br)c3)o2)cc1. The van der Waals surface area contributed by atoms with Crippen LogP contribution in [0.5, 0.6) is 0 Å². The molecule has 1 N–H and O–H groups in total. The molecule has 1 amide bonds. The third kappa shape index (κ3) is 4.73. The normalized spacial score (nSPS) is 18.5. The molecular weight excluding hydrogens is 440 g/mol. The van der Waals surface area contributed by atoms with Gasteiger partial charge >= 0.3 is 0 Å². The summed E-state index contributed by atoms with van der Waals surface area (Å²) in [5.41, 5.74) is 6.29. The summed E-state index contributed by atoms with van der Waals surface area (Å²) in [5, 5.41) is 4.07. The van der Waals surface area contributed by atoms with Gasteiger partial charge in [0.15, 0.2) is 0 Å². The van der Waals surface area contributed by atoms with E-state index in [1.54, 1.807) is 0 Å². The van der Waals surface area contributed by atoms with Crippen molar-refractivity contribution >= 4 is 28.1 Å². The Bertz CT molecular complexity index is 1080. The molecule has 1 aromatic heterocycles. The molecule has 3 aromatic rings. The minimum absolute atomic E-state index is 0.0172. The predicted molar refractivity (Wildman–Crippen MR) is 124 cm³/mol. The Morgan fingerprint density at radius 1 is 1.13 bits per heavy atom. The molecule has 5 heteroatoms. The van der Waals surface area contributed by atoms with Gasteiger partial charge in [-0.05, 0) is 53.1 Å². The number of benzene rings is 2. The first-order chi connectivity index (χ1) is 14.3. The Balaban J connectivity index is 1.32. The second kappa shape index (κ2) is 8.23. The molecule has 0 saturated heterocycles. The number of amides is 1. The Morgan fingerprint density at radius 2 is 1.90 bits per heavy atom. The first-order valence-corrected chi connectivity index (χ1v) is 10.9. The standard InChI is InChI=1S/C25H25BrN2O2/c1-25(2,3)18-9-7-16(8-10-18)21-14-22(21)24(29)28-27-15-20-11-12-23(30-20)17-5-4-6-19(26)13-17/h4-13,15,21-22H,14H2,1-3H3,(H,28,29)/b27-15+/t21-,22-/m0/s1. The Morgan fingerprint density at radius 3 is 2.60 bits per heavy atom. The van der Waals surface area contributed by atoms with Crippen LogP contribution in [0.3, 0.4) is 0 Å². The van der Waals surface area contributed by atoms with E-state index in [9.17, 15) is 4.79 Å². The summed E-state index contributed by atoms with van der Waals surface area (Å²) in [6.45, 7) is 6.61. The highest BCUT2D eigenvalue weighted by Crippen LogP contribution is 2.47. The van der Waals surface area contributed by atoms with Gasteiger partial charge in [-0.3, -0.25) is 4.79 Å². The highest BCUT2D eigenvalue weighted by Gasteiger charge is 2.44. The number of carbonyl (C=O) groups is 1. The molecule has 2 aromatic carbocycles. The fraction of sp³-hybridized carbons (Fsp3) is 0.280. The van der Waals surface area contributed by atoms with E-state index >= 15 is 0 Å². The maximum absolute atomic E-state index is 12.4. The van der Waals surface area contributed by atoms with Crippen LogP contribution in [0.4, 0.5) is 0 Å². The molecule has 0 bridgehead atoms. The quantitative estimate of drug-likeness (QED) is 0.357. The third-order valence-electron chi connectivity index (χ3n) is 5.43. The molecule has 1 aliphatic rings. The van der Waals surface area contributed by atoms with Crippen LogP contribution in [-0.4, -0.2) is 12.1 Å². The summed E-state index contributed by atoms with van der Waals surface area (Å²) < 4.78 is 6.78. The maximum Gasteiger partial charge on any atom is 0.243 e. The van der Waals surface area contributed by atoms with Crippen LogP contribution in [-0.2, 0) is 10.2 Å². The van der Waals surface area contributed by atoms with E-state index in [0.29, 0.717) is 5.76 Å². The molecule has 1 aliphatic carbocycles. The van der Waals surface area contributed by atoms with Gasteiger partial charge in [0.25, 0.3) is 0 Å². The first-order valence-electron chi connectivity index (χ1n) is 10.1. The maximum atomic E-state index is 12.4. The van der Waals surface area contributed by atoms with Crippen LogP contribution in [0, 0.1) is 5.92 Å². The number of nitrogens with zero attached hydrogens (tertiary/aromatic N) is 1. The van der Waals surface area contributed by atoms with Crippen LogP contribution in [0.15, 0.2) is 74.7 Å². The molecule has 0 aliphatic heterocycles. The molecule has 2 atom stereocenters. The van der Waals surface area contributed by atoms with Crippen LogP contribution in [0.1, 0.15) is 50.0 Å². The zero-order valence-electron chi connectivity index (χ0n) is 17.4. The average molecular weight is 465 g/mol. The largest absolute Gasteiger partial charge is 0.455 e. The number of nitrogens with one attached hydrogen (secondary N) is 1. The number of hydrogen-bond acceptors (Lipinski definition) is 3. The minimum Gasteiger partial charge on any atom is -0.455 e. The molecule has 0 unspecified atom stereocenters. The smallest absolute Gasteiger partial charge is 0.243 e. The van der Waals surface area contributed by atoms with Crippen LogP contribution in [0.2, 0.25) is 0 Å². The Hall–Kier alpha value is -2.66. The fourth-order valence-electron chi connectivity index (χ4n) is 3.55. The summed E-state index contributed by atoms with van der Waals surface area (Å²) in [7, 11) is 0. The van der Waals surface area contributed by atoms with Gasteiger partial charge in [0, 0.05) is 16.0 Å². The molecule has 154 valence electrons. The van der Waals surface area contributed by atoms with E-state index in [-0.39, 0.29) is 23.2 Å². The Labute approximate surface area is 185 Å². The summed E-state index contributed by atoms with van der Waals surface area (Å²) in [6, 6.07) is 20.2. The second-order valence-corrected chi connectivity index (χ2v) is 9.68. The van der Waals surface area contributed by atoms with Gasteiger partial charge in [-0.15, -0.1) is 0 Å². The average Bonchev–Trinajstić information content (AvgIpc) is 3.38. The summed E-state index contributed by atoms with van der Waals surface area (Å²) in [6.07, 6.45) is 2.40. The van der Waals surface area contributed by atoms with Crippen molar-refractivity contribution in [3.05, 3.63) is 82.0 Å². The fourth-order valence-corrected chi connectivity index (χ4v) is 3.94. The number of hydrazone groups is 1. The molecule has 0 spiro atoms. The van der Waals surface area contributed by atoms with Gasteiger partial charge in [-0.25, -0.2) is 5.43 Å². The predicted octanol–water partition coefficient (Wildman–Crippen LogP) is 6.26. The second-order valence-electron chi connectivity index (χ2n) is 8.77. The van der Waals surface area contributed by atoms with E-state index in [0.717, 1.165) is 22.2 Å². The monoisotopic (exact) mass is 464 g/mol. The van der Waals surface area contributed by atoms with Gasteiger partial charge in [-0.1, -0.05) is 73.1 Å². The first kappa shape index (κ1) is 20.6. The number of rotatable bonds is 5. The molecular formula is C25H25BrN2O2. The van der Waals surface area contributed by atoms with Crippen molar-refractivity contribution in [1.29, 1.82) is 0 Å². The van der Waals surface area contributed by atoms with Gasteiger partial charge in [-0.2, -0.15) is 5.10 Å². The zero-order chi connectivity index (χ0) is 21.3. The number of carbonyl (C=O) groups excluding carboxylic acids is 1. The zero-order valence-corrected chi connectivity index (χ0v) is 18.9. The number of halogens is 1. The lowest BCUT2D eigenvalue weighted by Gasteiger charge is -2.19. The van der Waals surface area contributed by atoms with Crippen LogP contribution < -0.4 is 5.43 Å². The van der Waals surface area contributed by atoms with Gasteiger partial charge in [0.2, 0.25) is 5.91 Å². The summed E-state index contributed by atoms with van der Waals surface area (Å²) in [5.74, 6) is 1.56. The molecule has 0 radical (unpaired) electrons. The van der Waals surface area contributed by atoms with Crippen molar-refractivity contribution in [3.8, 4) is 11.3 Å². The summed E-state index contributed by atoms with van der Waals surface area (Å²) in [4.78, 5) is 12.4. The number of furan rings is 1. The lowest BCUT2D eigenvalue weighted by molar-refractivity contribution is -0.122. The van der Waals surface area contributed by atoms with E-state index in [4.69, 9.17) is 4.42 Å².